The monoisotopic (exact) mass is 540 g/mol. The third kappa shape index (κ3) is 6.90. The lowest BCUT2D eigenvalue weighted by atomic mass is 10.0. The van der Waals surface area contributed by atoms with E-state index in [1.807, 2.05) is 103 Å². The summed E-state index contributed by atoms with van der Waals surface area (Å²) in [5.74, 6) is 0.339. The zero-order chi connectivity index (χ0) is 27.6. The summed E-state index contributed by atoms with van der Waals surface area (Å²) in [7, 11) is 0. The molecule has 2 aromatic heterocycles. The fraction of sp³-hybridized carbons (Fsp3) is 0.226. The summed E-state index contributed by atoms with van der Waals surface area (Å²) >= 11 is 0. The standard InChI is InChI=1S/C31H32N4O5/c32-31-27-17-16-26(35(27)34-22-33-31)29(38-19-24-12-6-2-7-13-24)30(39-20-25-14-8-3-9-15-25)28(40-36)21-37-18-23-10-4-1-5-11-23/h1-17,22,28-30,36H,18-21H2,(H2,32,33,34)/t28?,29-,30+/m0/s1. The van der Waals surface area contributed by atoms with Gasteiger partial charge in [0.25, 0.3) is 0 Å². The summed E-state index contributed by atoms with van der Waals surface area (Å²) < 4.78 is 20.6. The van der Waals surface area contributed by atoms with Crippen molar-refractivity contribution in [2.45, 2.75) is 38.1 Å². The maximum atomic E-state index is 10.1. The van der Waals surface area contributed by atoms with Crippen molar-refractivity contribution in [3.63, 3.8) is 0 Å². The van der Waals surface area contributed by atoms with Crippen molar-refractivity contribution < 1.29 is 24.4 Å². The average molecular weight is 541 g/mol. The van der Waals surface area contributed by atoms with Gasteiger partial charge in [0.15, 0.2) is 5.82 Å². The molecule has 5 rings (SSSR count). The van der Waals surface area contributed by atoms with Gasteiger partial charge in [0, 0.05) is 0 Å². The molecule has 0 radical (unpaired) electrons. The molecule has 0 bridgehead atoms. The van der Waals surface area contributed by atoms with Crippen LogP contribution in [0.2, 0.25) is 0 Å². The lowest BCUT2D eigenvalue weighted by molar-refractivity contribution is -0.320. The average Bonchev–Trinajstić information content (AvgIpc) is 3.44. The van der Waals surface area contributed by atoms with Crippen LogP contribution in [-0.4, -0.2) is 38.7 Å². The normalized spacial score (nSPS) is 13.7. The molecule has 5 aromatic rings. The first-order chi connectivity index (χ1) is 19.7. The van der Waals surface area contributed by atoms with Gasteiger partial charge in [-0.15, -0.1) is 0 Å². The summed E-state index contributed by atoms with van der Waals surface area (Å²) in [6, 6.07) is 33.1. The predicted octanol–water partition coefficient (Wildman–Crippen LogP) is 5.23. The van der Waals surface area contributed by atoms with E-state index in [1.165, 1.54) is 6.33 Å². The maximum Gasteiger partial charge on any atom is 0.151 e. The van der Waals surface area contributed by atoms with E-state index < -0.39 is 18.3 Å². The Labute approximate surface area is 232 Å². The van der Waals surface area contributed by atoms with Crippen LogP contribution in [0.1, 0.15) is 28.5 Å². The van der Waals surface area contributed by atoms with Crippen LogP contribution in [0.4, 0.5) is 5.82 Å². The number of benzene rings is 3. The van der Waals surface area contributed by atoms with Gasteiger partial charge in [-0.2, -0.15) is 5.10 Å². The summed E-state index contributed by atoms with van der Waals surface area (Å²) in [6.07, 6.45) is -1.02. The molecule has 9 nitrogen and oxygen atoms in total. The highest BCUT2D eigenvalue weighted by Crippen LogP contribution is 2.31. The second-order valence-electron chi connectivity index (χ2n) is 9.32. The second kappa shape index (κ2) is 13.8. The number of anilines is 1. The zero-order valence-corrected chi connectivity index (χ0v) is 22.0. The van der Waals surface area contributed by atoms with Crippen LogP contribution in [0.3, 0.4) is 0 Å². The Bertz CT molecular complexity index is 1450. The fourth-order valence-electron chi connectivity index (χ4n) is 4.51. The Balaban J connectivity index is 1.46. The molecule has 0 fully saturated rings. The minimum absolute atomic E-state index is 0.0521. The van der Waals surface area contributed by atoms with Crippen molar-refractivity contribution in [3.8, 4) is 0 Å². The highest BCUT2D eigenvalue weighted by Gasteiger charge is 2.36. The molecule has 0 saturated heterocycles. The Kier molecular flexibility index (Phi) is 9.46. The molecule has 9 heteroatoms. The van der Waals surface area contributed by atoms with Crippen molar-refractivity contribution in [2.24, 2.45) is 0 Å². The van der Waals surface area contributed by atoms with Gasteiger partial charge in [0.2, 0.25) is 0 Å². The molecular formula is C31H32N4O5. The fourth-order valence-corrected chi connectivity index (χ4v) is 4.51. The van der Waals surface area contributed by atoms with Crippen molar-refractivity contribution in [3.05, 3.63) is 132 Å². The van der Waals surface area contributed by atoms with E-state index in [-0.39, 0.29) is 19.8 Å². The molecule has 2 heterocycles. The van der Waals surface area contributed by atoms with E-state index in [4.69, 9.17) is 24.8 Å². The molecule has 1 unspecified atom stereocenters. The van der Waals surface area contributed by atoms with Crippen molar-refractivity contribution in [1.29, 1.82) is 0 Å². The van der Waals surface area contributed by atoms with Crippen LogP contribution in [0, 0.1) is 0 Å². The highest BCUT2D eigenvalue weighted by atomic mass is 17.1. The number of ether oxygens (including phenoxy) is 3. The minimum atomic E-state index is -0.891. The predicted molar refractivity (Wildman–Crippen MR) is 150 cm³/mol. The van der Waals surface area contributed by atoms with Crippen LogP contribution in [0.5, 0.6) is 0 Å². The third-order valence-corrected chi connectivity index (χ3v) is 6.55. The lowest BCUT2D eigenvalue weighted by Crippen LogP contribution is -2.41. The molecule has 206 valence electrons. The van der Waals surface area contributed by atoms with E-state index in [9.17, 15) is 5.26 Å². The van der Waals surface area contributed by atoms with E-state index in [1.54, 1.807) is 4.52 Å². The highest BCUT2D eigenvalue weighted by molar-refractivity contribution is 5.65. The number of hydrogen-bond acceptors (Lipinski definition) is 8. The number of fused-ring (bicyclic) bond motifs is 1. The van der Waals surface area contributed by atoms with Gasteiger partial charge in [0.05, 0.1) is 32.1 Å². The maximum absolute atomic E-state index is 10.1. The first-order valence-electron chi connectivity index (χ1n) is 13.0. The molecule has 0 aliphatic heterocycles. The van der Waals surface area contributed by atoms with Crippen molar-refractivity contribution in [1.82, 2.24) is 14.6 Å². The van der Waals surface area contributed by atoms with E-state index in [0.717, 1.165) is 16.7 Å². The van der Waals surface area contributed by atoms with Crippen LogP contribution < -0.4 is 5.73 Å². The Morgan fingerprint density at radius 3 is 1.90 bits per heavy atom. The van der Waals surface area contributed by atoms with Crippen LogP contribution in [0.25, 0.3) is 5.52 Å². The second-order valence-corrected chi connectivity index (χ2v) is 9.32. The number of nitrogens with two attached hydrogens (primary N) is 1. The van der Waals surface area contributed by atoms with Crippen LogP contribution in [-0.2, 0) is 38.9 Å². The number of aromatic nitrogens is 3. The lowest BCUT2D eigenvalue weighted by Gasteiger charge is -2.32. The molecular weight excluding hydrogens is 508 g/mol. The van der Waals surface area contributed by atoms with Gasteiger partial charge >= 0.3 is 0 Å². The van der Waals surface area contributed by atoms with Crippen LogP contribution >= 0.6 is 0 Å². The smallest absolute Gasteiger partial charge is 0.151 e. The number of rotatable bonds is 14. The van der Waals surface area contributed by atoms with Gasteiger partial charge in [0.1, 0.15) is 30.2 Å². The topological polar surface area (TPSA) is 113 Å². The summed E-state index contributed by atoms with van der Waals surface area (Å²) in [6.45, 7) is 0.944. The Morgan fingerprint density at radius 2 is 1.30 bits per heavy atom. The molecule has 0 saturated carbocycles. The summed E-state index contributed by atoms with van der Waals surface area (Å²) in [5, 5.41) is 14.5. The number of nitrogen functional groups attached to an aromatic ring is 1. The Hall–Kier alpha value is -4.12. The molecule has 3 aromatic carbocycles. The zero-order valence-electron chi connectivity index (χ0n) is 22.0. The van der Waals surface area contributed by atoms with Gasteiger partial charge < -0.3 is 19.9 Å². The molecule has 3 atom stereocenters. The quantitative estimate of drug-likeness (QED) is 0.145. The van der Waals surface area contributed by atoms with Gasteiger partial charge in [-0.3, -0.25) is 5.26 Å². The van der Waals surface area contributed by atoms with E-state index >= 15 is 0 Å². The molecule has 3 N–H and O–H groups in total. The molecule has 0 aliphatic carbocycles. The van der Waals surface area contributed by atoms with E-state index in [0.29, 0.717) is 23.6 Å². The van der Waals surface area contributed by atoms with Gasteiger partial charge in [-0.05, 0) is 28.8 Å². The van der Waals surface area contributed by atoms with Gasteiger partial charge in [-0.1, -0.05) is 91.0 Å². The SMILES string of the molecule is Nc1ncnn2c([C@H](OCc3ccccc3)[C@H](OCc3ccccc3)C(COCc3ccccc3)OO)ccc12. The Morgan fingerprint density at radius 1 is 0.725 bits per heavy atom. The summed E-state index contributed by atoms with van der Waals surface area (Å²) in [4.78, 5) is 9.11. The molecule has 0 amide bonds. The molecule has 0 spiro atoms. The van der Waals surface area contributed by atoms with Gasteiger partial charge in [-0.25, -0.2) is 14.4 Å². The molecule has 0 aliphatic rings. The first-order valence-corrected chi connectivity index (χ1v) is 13.0. The third-order valence-electron chi connectivity index (χ3n) is 6.55. The summed E-state index contributed by atoms with van der Waals surface area (Å²) in [5.41, 5.74) is 10.4. The number of nitrogens with zero attached hydrogens (tertiary/aromatic N) is 3. The largest absolute Gasteiger partial charge is 0.382 e. The van der Waals surface area contributed by atoms with E-state index in [2.05, 4.69) is 10.1 Å². The van der Waals surface area contributed by atoms with Crippen molar-refractivity contribution in [2.75, 3.05) is 12.3 Å². The van der Waals surface area contributed by atoms with Crippen LogP contribution in [0.15, 0.2) is 109 Å². The number of hydrogen-bond donors (Lipinski definition) is 2. The molecule has 40 heavy (non-hydrogen) atoms. The minimum Gasteiger partial charge on any atom is -0.382 e. The van der Waals surface area contributed by atoms with Crippen molar-refractivity contribution >= 4 is 11.3 Å². The first kappa shape index (κ1) is 27.4.